The third-order valence-electron chi connectivity index (χ3n) is 4.13. The second-order valence-electron chi connectivity index (χ2n) is 6.89. The van der Waals surface area contributed by atoms with E-state index in [1.165, 1.54) is 11.3 Å². The van der Waals surface area contributed by atoms with E-state index in [-0.39, 0.29) is 17.7 Å². The van der Waals surface area contributed by atoms with Crippen LogP contribution in [0.4, 0.5) is 0 Å². The van der Waals surface area contributed by atoms with Gasteiger partial charge in [0.05, 0.1) is 36.0 Å². The lowest BCUT2D eigenvalue weighted by atomic mass is 10.1. The van der Waals surface area contributed by atoms with E-state index in [0.29, 0.717) is 36.0 Å². The van der Waals surface area contributed by atoms with Crippen LogP contribution in [0.5, 0.6) is 5.75 Å². The van der Waals surface area contributed by atoms with Gasteiger partial charge < -0.3 is 10.4 Å². The summed E-state index contributed by atoms with van der Waals surface area (Å²) in [5.74, 6) is -0.619. The Morgan fingerprint density at radius 3 is 2.39 bits per heavy atom. The van der Waals surface area contributed by atoms with Crippen molar-refractivity contribution in [3.63, 3.8) is 0 Å². The Hall–Kier alpha value is -2.39. The third-order valence-corrected chi connectivity index (χ3v) is 6.98. The summed E-state index contributed by atoms with van der Waals surface area (Å²) in [6, 6.07) is 8.28. The van der Waals surface area contributed by atoms with Crippen molar-refractivity contribution in [1.82, 2.24) is 10.7 Å². The first-order valence-electron chi connectivity index (χ1n) is 9.19. The summed E-state index contributed by atoms with van der Waals surface area (Å²) in [6.07, 6.45) is 0. The van der Waals surface area contributed by atoms with Crippen LogP contribution in [0.2, 0.25) is 10.0 Å². The summed E-state index contributed by atoms with van der Waals surface area (Å²) in [5, 5.41) is 20.1. The first-order chi connectivity index (χ1) is 14.7. The Morgan fingerprint density at radius 1 is 1.06 bits per heavy atom. The topological polar surface area (TPSA) is 90.8 Å². The Kier molecular flexibility index (Phi) is 7.38. The van der Waals surface area contributed by atoms with Crippen molar-refractivity contribution < 1.29 is 14.7 Å². The molecule has 0 atom stereocenters. The zero-order valence-corrected chi connectivity index (χ0v) is 20.0. The van der Waals surface area contributed by atoms with Gasteiger partial charge in [-0.2, -0.15) is 5.10 Å². The molecule has 2 amide bonds. The van der Waals surface area contributed by atoms with Crippen LogP contribution in [-0.2, 0) is 0 Å². The minimum absolute atomic E-state index is 0.00574. The molecular formula is C21H19Cl2N3O3S2. The van der Waals surface area contributed by atoms with Gasteiger partial charge in [0.25, 0.3) is 11.8 Å². The summed E-state index contributed by atoms with van der Waals surface area (Å²) in [6.45, 7) is 5.41. The monoisotopic (exact) mass is 495 g/mol. The van der Waals surface area contributed by atoms with Gasteiger partial charge in [-0.25, -0.2) is 5.43 Å². The lowest BCUT2D eigenvalue weighted by molar-refractivity contribution is 0.0944. The number of thiophene rings is 2. The number of carbonyl (C=O) groups excluding carboxylic acids is 2. The number of hydrogen-bond donors (Lipinski definition) is 3. The van der Waals surface area contributed by atoms with Gasteiger partial charge >= 0.3 is 0 Å². The third kappa shape index (κ3) is 5.46. The number of benzene rings is 1. The van der Waals surface area contributed by atoms with E-state index in [2.05, 4.69) is 15.8 Å². The maximum absolute atomic E-state index is 12.4. The number of amides is 2. The van der Waals surface area contributed by atoms with Crippen LogP contribution in [-0.4, -0.2) is 28.7 Å². The number of hydrazone groups is 1. The van der Waals surface area contributed by atoms with Crippen LogP contribution >= 0.6 is 45.9 Å². The molecule has 0 aliphatic rings. The molecular weight excluding hydrogens is 477 g/mol. The summed E-state index contributed by atoms with van der Waals surface area (Å²) in [4.78, 5) is 25.9. The fourth-order valence-corrected chi connectivity index (χ4v) is 4.72. The average Bonchev–Trinajstić information content (AvgIpc) is 3.35. The van der Waals surface area contributed by atoms with Gasteiger partial charge in [-0.1, -0.05) is 29.3 Å². The highest BCUT2D eigenvalue weighted by molar-refractivity contribution is 7.16. The van der Waals surface area contributed by atoms with E-state index in [1.807, 2.05) is 13.8 Å². The van der Waals surface area contributed by atoms with Gasteiger partial charge in [0.15, 0.2) is 0 Å². The Morgan fingerprint density at radius 2 is 1.74 bits per heavy atom. The maximum Gasteiger partial charge on any atom is 0.281 e. The second-order valence-corrected chi connectivity index (χ2v) is 9.66. The molecule has 162 valence electrons. The van der Waals surface area contributed by atoms with Crippen LogP contribution in [0.3, 0.4) is 0 Å². The van der Waals surface area contributed by atoms with Gasteiger partial charge in [0.1, 0.15) is 5.75 Å². The van der Waals surface area contributed by atoms with Crippen LogP contribution in [0.25, 0.3) is 10.4 Å². The van der Waals surface area contributed by atoms with Crippen molar-refractivity contribution in [3.05, 3.63) is 61.1 Å². The Bertz CT molecular complexity index is 1170. The predicted octanol–water partition coefficient (Wildman–Crippen LogP) is 5.78. The molecule has 3 rings (SSSR count). The molecule has 10 heteroatoms. The number of hydrogen-bond acceptors (Lipinski definition) is 6. The van der Waals surface area contributed by atoms with Gasteiger partial charge in [-0.05, 0) is 50.6 Å². The van der Waals surface area contributed by atoms with E-state index in [1.54, 1.807) is 42.6 Å². The fraction of sp³-hybridized carbons (Fsp3) is 0.190. The smallest absolute Gasteiger partial charge is 0.281 e. The van der Waals surface area contributed by atoms with E-state index >= 15 is 0 Å². The van der Waals surface area contributed by atoms with Crippen LogP contribution < -0.4 is 10.7 Å². The number of carbonyl (C=O) groups is 2. The molecule has 0 unspecified atom stereocenters. The maximum atomic E-state index is 12.4. The van der Waals surface area contributed by atoms with Crippen molar-refractivity contribution in [1.29, 1.82) is 0 Å². The van der Waals surface area contributed by atoms with Crippen molar-refractivity contribution in [2.24, 2.45) is 5.10 Å². The lowest BCUT2D eigenvalue weighted by Crippen LogP contribution is -2.29. The molecule has 2 aromatic heterocycles. The Labute approximate surface area is 197 Å². The van der Waals surface area contributed by atoms with Crippen molar-refractivity contribution in [2.75, 3.05) is 0 Å². The second kappa shape index (κ2) is 9.82. The molecule has 3 N–H and O–H groups in total. The molecule has 0 fully saturated rings. The average molecular weight is 496 g/mol. The fourth-order valence-electron chi connectivity index (χ4n) is 2.62. The van der Waals surface area contributed by atoms with Crippen molar-refractivity contribution in [3.8, 4) is 16.2 Å². The van der Waals surface area contributed by atoms with Crippen molar-refractivity contribution in [2.45, 2.75) is 26.8 Å². The summed E-state index contributed by atoms with van der Waals surface area (Å²) in [7, 11) is 0. The quantitative estimate of drug-likeness (QED) is 0.298. The molecule has 0 saturated heterocycles. The number of halogens is 2. The minimum atomic E-state index is -0.438. The van der Waals surface area contributed by atoms with E-state index in [9.17, 15) is 14.7 Å². The molecule has 0 bridgehead atoms. The molecule has 2 heterocycles. The molecule has 0 aliphatic carbocycles. The van der Waals surface area contributed by atoms with Crippen molar-refractivity contribution >= 4 is 63.4 Å². The number of nitrogens with one attached hydrogen (secondary N) is 2. The van der Waals surface area contributed by atoms with Crippen LogP contribution in [0.1, 0.15) is 45.7 Å². The number of aromatic hydroxyl groups is 1. The zero-order chi connectivity index (χ0) is 22.7. The molecule has 0 saturated carbocycles. The van der Waals surface area contributed by atoms with Gasteiger partial charge in [-0.3, -0.25) is 9.59 Å². The predicted molar refractivity (Wildman–Crippen MR) is 128 cm³/mol. The highest BCUT2D eigenvalue weighted by Gasteiger charge is 2.17. The van der Waals surface area contributed by atoms with Crippen LogP contribution in [0, 0.1) is 0 Å². The zero-order valence-electron chi connectivity index (χ0n) is 16.8. The SMILES string of the molecule is C/C(=N\NC(=O)c1ccc(C(=O)NC(C)C)s1)c1csc(-c2ccc(Cl)c(Cl)c2)c1O. The summed E-state index contributed by atoms with van der Waals surface area (Å²) < 4.78 is 0. The standard InChI is InChI=1S/C21H19Cl2N3O3S2/c1-10(2)24-20(28)16-6-7-17(31-16)21(29)26-25-11(3)13-9-30-19(18(13)27)12-4-5-14(22)15(23)8-12/h4-10,27H,1-3H3,(H,24,28)(H,26,29)/b25-11+. The molecule has 3 aromatic rings. The van der Waals surface area contributed by atoms with Crippen LogP contribution in [0.15, 0.2) is 40.8 Å². The van der Waals surface area contributed by atoms with Gasteiger partial charge in [-0.15, -0.1) is 22.7 Å². The number of rotatable bonds is 6. The largest absolute Gasteiger partial charge is 0.506 e. The molecule has 6 nitrogen and oxygen atoms in total. The molecule has 1 aromatic carbocycles. The first kappa shape index (κ1) is 23.3. The Balaban J connectivity index is 1.73. The molecule has 0 aliphatic heterocycles. The number of nitrogens with zero attached hydrogens (tertiary/aromatic N) is 1. The lowest BCUT2D eigenvalue weighted by Gasteiger charge is -2.05. The van der Waals surface area contributed by atoms with E-state index in [4.69, 9.17) is 23.2 Å². The molecule has 0 radical (unpaired) electrons. The van der Waals surface area contributed by atoms with E-state index in [0.717, 1.165) is 16.9 Å². The van der Waals surface area contributed by atoms with Gasteiger partial charge in [0, 0.05) is 11.4 Å². The molecule has 0 spiro atoms. The van der Waals surface area contributed by atoms with Gasteiger partial charge in [0.2, 0.25) is 0 Å². The highest BCUT2D eigenvalue weighted by atomic mass is 35.5. The summed E-state index contributed by atoms with van der Waals surface area (Å²) in [5.41, 5.74) is 4.12. The highest BCUT2D eigenvalue weighted by Crippen LogP contribution is 2.40. The summed E-state index contributed by atoms with van der Waals surface area (Å²) >= 11 is 14.4. The first-order valence-corrected chi connectivity index (χ1v) is 11.6. The van der Waals surface area contributed by atoms with E-state index < -0.39 is 5.91 Å². The normalized spacial score (nSPS) is 11.6. The minimum Gasteiger partial charge on any atom is -0.506 e. The molecule has 31 heavy (non-hydrogen) atoms.